The van der Waals surface area contributed by atoms with E-state index in [0.717, 1.165) is 64.7 Å². The van der Waals surface area contributed by atoms with Crippen molar-refractivity contribution >= 4 is 27.8 Å². The Hall–Kier alpha value is -1.55. The Labute approximate surface area is 171 Å². The fourth-order valence-corrected chi connectivity index (χ4v) is 7.33. The summed E-state index contributed by atoms with van der Waals surface area (Å²) in [6, 6.07) is 0. The van der Waals surface area contributed by atoms with Crippen LogP contribution in [0.4, 0.5) is 5.95 Å². The van der Waals surface area contributed by atoms with Crippen molar-refractivity contribution in [1.29, 1.82) is 0 Å². The molecule has 1 aromatic rings. The smallest absolute Gasteiger partial charge is 0.390 e. The Kier molecular flexibility index (Phi) is 4.11. The lowest BCUT2D eigenvalue weighted by molar-refractivity contribution is -0.394. The first-order valence-corrected chi connectivity index (χ1v) is 10.8. The van der Waals surface area contributed by atoms with Crippen molar-refractivity contribution in [3.63, 3.8) is 0 Å². The summed E-state index contributed by atoms with van der Waals surface area (Å²) in [5.74, 6) is 0.882. The van der Waals surface area contributed by atoms with Crippen LogP contribution in [0.25, 0.3) is 0 Å². The number of likely N-dealkylation sites (N-methyl/N-ethyl adjacent to an activating group) is 1. The van der Waals surface area contributed by atoms with Crippen molar-refractivity contribution in [3.8, 4) is 0 Å². The van der Waals surface area contributed by atoms with Crippen LogP contribution in [-0.2, 0) is 10.3 Å². The molecule has 4 aliphatic carbocycles. The zero-order valence-electron chi connectivity index (χ0n) is 16.0. The molecule has 152 valence electrons. The average molecular weight is 453 g/mol. The van der Waals surface area contributed by atoms with Crippen molar-refractivity contribution in [1.82, 2.24) is 24.6 Å². The first-order valence-electron chi connectivity index (χ1n) is 10.1. The number of hydrogen-bond acceptors (Lipinski definition) is 6. The van der Waals surface area contributed by atoms with Gasteiger partial charge in [-0.15, -0.1) is 0 Å². The molecule has 4 atom stereocenters. The summed E-state index contributed by atoms with van der Waals surface area (Å²) in [6.45, 7) is 3.41. The van der Waals surface area contributed by atoms with E-state index < -0.39 is 4.92 Å². The summed E-state index contributed by atoms with van der Waals surface area (Å²) >= 11 is 3.40. The summed E-state index contributed by atoms with van der Waals surface area (Å²) in [6.07, 6.45) is 5.64. The van der Waals surface area contributed by atoms with Gasteiger partial charge in [0.1, 0.15) is 0 Å². The third-order valence-corrected chi connectivity index (χ3v) is 7.96. The Balaban J connectivity index is 1.49. The van der Waals surface area contributed by atoms with E-state index in [9.17, 15) is 14.9 Å². The van der Waals surface area contributed by atoms with Crippen LogP contribution in [0.15, 0.2) is 4.73 Å². The SMILES string of the molecule is CN1CCN(C(=O)C23C[C@H]4C[C@@H](C2)CC(n2nc([N+](=O)[O-])nc2Br)(C4)C3)CC1. The van der Waals surface area contributed by atoms with Crippen LogP contribution in [0, 0.1) is 27.4 Å². The van der Waals surface area contributed by atoms with Gasteiger partial charge in [0.15, 0.2) is 0 Å². The van der Waals surface area contributed by atoms with Gasteiger partial charge < -0.3 is 19.9 Å². The summed E-state index contributed by atoms with van der Waals surface area (Å²) in [7, 11) is 2.09. The van der Waals surface area contributed by atoms with E-state index in [1.54, 1.807) is 4.68 Å². The molecule has 0 spiro atoms. The zero-order chi connectivity index (χ0) is 19.7. The minimum absolute atomic E-state index is 0.296. The minimum atomic E-state index is -0.549. The van der Waals surface area contributed by atoms with Crippen LogP contribution in [0.5, 0.6) is 0 Å². The highest BCUT2D eigenvalue weighted by molar-refractivity contribution is 9.10. The molecule has 4 saturated carbocycles. The van der Waals surface area contributed by atoms with Crippen molar-refractivity contribution < 1.29 is 9.72 Å². The fraction of sp³-hybridized carbons (Fsp3) is 0.833. The maximum absolute atomic E-state index is 13.7. The number of hydrogen-bond donors (Lipinski definition) is 0. The zero-order valence-corrected chi connectivity index (χ0v) is 17.6. The molecule has 5 aliphatic rings. The van der Waals surface area contributed by atoms with Crippen molar-refractivity contribution in [2.24, 2.45) is 17.3 Å². The fourth-order valence-electron chi connectivity index (χ4n) is 6.72. The predicted molar refractivity (Wildman–Crippen MR) is 104 cm³/mol. The number of nitrogens with zero attached hydrogens (tertiary/aromatic N) is 6. The van der Waals surface area contributed by atoms with Crippen LogP contribution in [0.2, 0.25) is 0 Å². The van der Waals surface area contributed by atoms with Gasteiger partial charge >= 0.3 is 5.95 Å². The highest BCUT2D eigenvalue weighted by atomic mass is 79.9. The normalized spacial score (nSPS) is 37.4. The van der Waals surface area contributed by atoms with Gasteiger partial charge in [-0.3, -0.25) is 4.79 Å². The van der Waals surface area contributed by atoms with E-state index in [4.69, 9.17) is 0 Å². The van der Waals surface area contributed by atoms with E-state index in [0.29, 0.717) is 22.5 Å². The Bertz CT molecular complexity index is 819. The van der Waals surface area contributed by atoms with Gasteiger partial charge in [0.05, 0.1) is 11.0 Å². The van der Waals surface area contributed by atoms with Gasteiger partial charge in [-0.05, 0) is 67.3 Å². The summed E-state index contributed by atoms with van der Waals surface area (Å²) in [5.41, 5.74) is -0.688. The molecule has 28 heavy (non-hydrogen) atoms. The Morgan fingerprint density at radius 3 is 2.39 bits per heavy atom. The molecular formula is C18H25BrN6O3. The molecule has 6 rings (SSSR count). The van der Waals surface area contributed by atoms with Crippen molar-refractivity contribution in [2.75, 3.05) is 33.2 Å². The van der Waals surface area contributed by atoms with Gasteiger partial charge in [0.2, 0.25) is 5.91 Å². The molecule has 2 unspecified atom stereocenters. The number of carbonyl (C=O) groups excluding carboxylic acids is 1. The van der Waals surface area contributed by atoms with Crippen molar-refractivity contribution in [3.05, 3.63) is 14.8 Å². The largest absolute Gasteiger partial charge is 0.492 e. The number of rotatable bonds is 3. The molecule has 10 heteroatoms. The van der Waals surface area contributed by atoms with E-state index in [1.807, 2.05) is 0 Å². The van der Waals surface area contributed by atoms with Gasteiger partial charge in [-0.2, -0.15) is 4.68 Å². The minimum Gasteiger partial charge on any atom is -0.390 e. The molecule has 5 fully saturated rings. The van der Waals surface area contributed by atoms with E-state index in [2.05, 4.69) is 42.9 Å². The number of piperazine rings is 1. The number of aromatic nitrogens is 3. The molecular weight excluding hydrogens is 428 g/mol. The van der Waals surface area contributed by atoms with Gasteiger partial charge in [0, 0.05) is 47.2 Å². The molecule has 1 aromatic heterocycles. The van der Waals surface area contributed by atoms with Gasteiger partial charge in [0.25, 0.3) is 4.73 Å². The molecule has 0 radical (unpaired) electrons. The quantitative estimate of drug-likeness (QED) is 0.513. The standard InChI is InChI=1S/C18H25BrN6O3/c1-22-2-4-23(5-3-22)14(26)17-7-12-6-13(8-17)10-18(9-12,11-17)24-15(19)20-16(21-24)25(27)28/h12-13H,2-11H2,1H3/t12-,13+,17?,18?. The van der Waals surface area contributed by atoms with Crippen LogP contribution >= 0.6 is 15.9 Å². The lowest BCUT2D eigenvalue weighted by Crippen LogP contribution is -2.62. The third kappa shape index (κ3) is 2.71. The lowest BCUT2D eigenvalue weighted by Gasteiger charge is -2.61. The van der Waals surface area contributed by atoms with Crippen LogP contribution in [0.1, 0.15) is 38.5 Å². The molecule has 4 bridgehead atoms. The topological polar surface area (TPSA) is 97.4 Å². The molecule has 9 nitrogen and oxygen atoms in total. The van der Waals surface area contributed by atoms with Crippen LogP contribution in [-0.4, -0.2) is 68.6 Å². The summed E-state index contributed by atoms with van der Waals surface area (Å²) in [5, 5.41) is 15.4. The highest BCUT2D eigenvalue weighted by Gasteiger charge is 2.63. The first kappa shape index (κ1) is 18.5. The molecule has 1 saturated heterocycles. The van der Waals surface area contributed by atoms with E-state index in [-0.39, 0.29) is 16.9 Å². The van der Waals surface area contributed by atoms with E-state index >= 15 is 0 Å². The Morgan fingerprint density at radius 2 is 1.82 bits per heavy atom. The number of carbonyl (C=O) groups is 1. The predicted octanol–water partition coefficient (Wildman–Crippen LogP) is 2.02. The Morgan fingerprint density at radius 1 is 1.18 bits per heavy atom. The number of amides is 1. The molecule has 0 aromatic carbocycles. The van der Waals surface area contributed by atoms with Crippen molar-refractivity contribution in [2.45, 2.75) is 44.1 Å². The molecule has 1 aliphatic heterocycles. The van der Waals surface area contributed by atoms with Crippen LogP contribution in [0.3, 0.4) is 0 Å². The maximum Gasteiger partial charge on any atom is 0.492 e. The number of nitro groups is 1. The molecule has 2 heterocycles. The summed E-state index contributed by atoms with van der Waals surface area (Å²) < 4.78 is 2.14. The monoisotopic (exact) mass is 452 g/mol. The lowest BCUT2D eigenvalue weighted by atomic mass is 9.46. The second-order valence-corrected chi connectivity index (χ2v) is 10.1. The maximum atomic E-state index is 13.7. The second kappa shape index (κ2) is 6.22. The highest BCUT2D eigenvalue weighted by Crippen LogP contribution is 2.65. The second-order valence-electron chi connectivity index (χ2n) is 9.41. The van der Waals surface area contributed by atoms with Crippen LogP contribution < -0.4 is 0 Å². The first-order chi connectivity index (χ1) is 13.3. The molecule has 0 N–H and O–H groups in total. The number of halogens is 1. The molecule has 1 amide bonds. The summed E-state index contributed by atoms with van der Waals surface area (Å²) in [4.78, 5) is 32.6. The van der Waals surface area contributed by atoms with Gasteiger partial charge in [-0.25, -0.2) is 0 Å². The average Bonchev–Trinajstić information content (AvgIpc) is 3.04. The van der Waals surface area contributed by atoms with E-state index in [1.165, 1.54) is 0 Å². The third-order valence-electron chi connectivity index (χ3n) is 7.44. The van der Waals surface area contributed by atoms with Gasteiger partial charge in [-0.1, -0.05) is 0 Å².